The monoisotopic (exact) mass is 250 g/mol. The predicted octanol–water partition coefficient (Wildman–Crippen LogP) is 2.64. The Bertz CT molecular complexity index is 384. The molecule has 1 rings (SSSR count). The topological polar surface area (TPSA) is 44.8 Å². The van der Waals surface area contributed by atoms with Gasteiger partial charge in [0.25, 0.3) is 0 Å². The minimum atomic E-state index is -0.512. The molecule has 0 amide bonds. The van der Waals surface area contributed by atoms with Gasteiger partial charge < -0.3 is 14.2 Å². The number of hydrogen-bond acceptors (Lipinski definition) is 4. The molecule has 4 nitrogen and oxygen atoms in total. The van der Waals surface area contributed by atoms with E-state index in [0.717, 1.165) is 5.56 Å². The quantitative estimate of drug-likeness (QED) is 0.424. The van der Waals surface area contributed by atoms with Crippen LogP contribution in [0, 0.1) is 0 Å². The van der Waals surface area contributed by atoms with Crippen molar-refractivity contribution in [3.8, 4) is 0 Å². The van der Waals surface area contributed by atoms with E-state index in [9.17, 15) is 4.79 Å². The fourth-order valence-corrected chi connectivity index (χ4v) is 1.24. The van der Waals surface area contributed by atoms with Gasteiger partial charge in [0, 0.05) is 0 Å². The highest BCUT2D eigenvalue weighted by molar-refractivity contribution is 5.85. The largest absolute Gasteiger partial charge is 0.497 e. The summed E-state index contributed by atoms with van der Waals surface area (Å²) < 4.78 is 15.3. The third kappa shape index (κ3) is 4.91. The molecule has 0 heterocycles. The number of ether oxygens (including phenoxy) is 3. The summed E-state index contributed by atoms with van der Waals surface area (Å²) in [5, 5.41) is 0. The molecule has 0 aliphatic heterocycles. The van der Waals surface area contributed by atoms with Crippen molar-refractivity contribution >= 4 is 5.97 Å². The van der Waals surface area contributed by atoms with Gasteiger partial charge in [-0.05, 0) is 19.4 Å². The van der Waals surface area contributed by atoms with E-state index in [-0.39, 0.29) is 5.76 Å². The molecule has 98 valence electrons. The van der Waals surface area contributed by atoms with Crippen LogP contribution in [0.1, 0.15) is 19.4 Å². The Kier molecular flexibility index (Phi) is 6.40. The van der Waals surface area contributed by atoms with E-state index in [1.54, 1.807) is 6.92 Å². The molecule has 0 N–H and O–H groups in total. The summed E-state index contributed by atoms with van der Waals surface area (Å²) in [6, 6.07) is 9.59. The van der Waals surface area contributed by atoms with Crippen molar-refractivity contribution in [2.24, 2.45) is 0 Å². The molecule has 0 spiro atoms. The molecule has 0 saturated heterocycles. The Hall–Kier alpha value is -1.97. The van der Waals surface area contributed by atoms with Gasteiger partial charge in [-0.15, -0.1) is 0 Å². The summed E-state index contributed by atoms with van der Waals surface area (Å²) in [6.07, 6.45) is 1.29. The normalized spacial score (nSPS) is 10.9. The van der Waals surface area contributed by atoms with Gasteiger partial charge in [0.2, 0.25) is 5.76 Å². The van der Waals surface area contributed by atoms with Crippen molar-refractivity contribution < 1.29 is 19.0 Å². The van der Waals surface area contributed by atoms with E-state index in [1.807, 2.05) is 37.3 Å². The first kappa shape index (κ1) is 14.1. The van der Waals surface area contributed by atoms with Crippen LogP contribution < -0.4 is 0 Å². The van der Waals surface area contributed by atoms with Crippen LogP contribution in [0.3, 0.4) is 0 Å². The fourth-order valence-electron chi connectivity index (χ4n) is 1.24. The van der Waals surface area contributed by atoms with Gasteiger partial charge in [-0.3, -0.25) is 0 Å². The molecule has 0 aliphatic carbocycles. The lowest BCUT2D eigenvalue weighted by Gasteiger charge is -2.09. The maximum atomic E-state index is 11.6. The third-order valence-electron chi connectivity index (χ3n) is 2.07. The van der Waals surface area contributed by atoms with Crippen molar-refractivity contribution in [2.45, 2.75) is 20.5 Å². The molecule has 0 saturated carbocycles. The van der Waals surface area contributed by atoms with E-state index in [4.69, 9.17) is 14.2 Å². The van der Waals surface area contributed by atoms with E-state index in [1.165, 1.54) is 6.26 Å². The number of hydrogen-bond donors (Lipinski definition) is 0. The Morgan fingerprint density at radius 2 is 1.83 bits per heavy atom. The van der Waals surface area contributed by atoms with Crippen molar-refractivity contribution in [1.82, 2.24) is 0 Å². The first-order chi connectivity index (χ1) is 8.77. The maximum Gasteiger partial charge on any atom is 0.376 e. The average molecular weight is 250 g/mol. The second kappa shape index (κ2) is 8.17. The van der Waals surface area contributed by atoms with Crippen LogP contribution in [-0.4, -0.2) is 19.2 Å². The van der Waals surface area contributed by atoms with E-state index < -0.39 is 5.97 Å². The number of carbonyl (C=O) groups excluding carboxylic acids is 1. The molecule has 4 heteroatoms. The minimum Gasteiger partial charge on any atom is -0.497 e. The summed E-state index contributed by atoms with van der Waals surface area (Å²) in [5.74, 6) is -0.426. The maximum absolute atomic E-state index is 11.6. The highest BCUT2D eigenvalue weighted by Gasteiger charge is 2.13. The smallest absolute Gasteiger partial charge is 0.376 e. The number of carbonyl (C=O) groups is 1. The highest BCUT2D eigenvalue weighted by atomic mass is 16.6. The van der Waals surface area contributed by atoms with Crippen LogP contribution in [0.5, 0.6) is 0 Å². The van der Waals surface area contributed by atoms with E-state index in [0.29, 0.717) is 19.8 Å². The lowest BCUT2D eigenvalue weighted by Crippen LogP contribution is -2.11. The molecule has 0 radical (unpaired) electrons. The van der Waals surface area contributed by atoms with Crippen molar-refractivity contribution in [2.75, 3.05) is 13.2 Å². The predicted molar refractivity (Wildman–Crippen MR) is 67.6 cm³/mol. The molecular weight excluding hydrogens is 232 g/mol. The molecule has 1 aromatic rings. The molecular formula is C14H18O4. The molecule has 0 atom stereocenters. The highest BCUT2D eigenvalue weighted by Crippen LogP contribution is 2.08. The SMILES string of the molecule is CCOC=C(OCc1ccccc1)C(=O)OCC. The standard InChI is InChI=1S/C14H18O4/c1-3-16-11-13(14(15)17-4-2)18-10-12-8-6-5-7-9-12/h5-9,11H,3-4,10H2,1-2H3. The van der Waals surface area contributed by atoms with Crippen LogP contribution >= 0.6 is 0 Å². The average Bonchev–Trinajstić information content (AvgIpc) is 2.40. The lowest BCUT2D eigenvalue weighted by atomic mass is 10.2. The number of rotatable bonds is 7. The molecule has 0 aromatic heterocycles. The summed E-state index contributed by atoms with van der Waals surface area (Å²) in [4.78, 5) is 11.6. The fraction of sp³-hybridized carbons (Fsp3) is 0.357. The Labute approximate surface area is 107 Å². The second-order valence-electron chi connectivity index (χ2n) is 3.43. The van der Waals surface area contributed by atoms with Crippen LogP contribution in [0.15, 0.2) is 42.4 Å². The summed E-state index contributed by atoms with van der Waals surface area (Å²) in [5.41, 5.74) is 0.976. The van der Waals surface area contributed by atoms with Gasteiger partial charge in [0.15, 0.2) is 0 Å². The summed E-state index contributed by atoms with van der Waals surface area (Å²) in [7, 11) is 0. The van der Waals surface area contributed by atoms with Gasteiger partial charge in [-0.2, -0.15) is 0 Å². The Morgan fingerprint density at radius 3 is 2.44 bits per heavy atom. The molecule has 1 aromatic carbocycles. The molecule has 18 heavy (non-hydrogen) atoms. The van der Waals surface area contributed by atoms with Gasteiger partial charge in [-0.1, -0.05) is 30.3 Å². The van der Waals surface area contributed by atoms with Crippen LogP contribution in [-0.2, 0) is 25.6 Å². The van der Waals surface area contributed by atoms with Gasteiger partial charge in [0.1, 0.15) is 12.9 Å². The van der Waals surface area contributed by atoms with Gasteiger partial charge in [-0.25, -0.2) is 4.79 Å². The van der Waals surface area contributed by atoms with Crippen LogP contribution in [0.2, 0.25) is 0 Å². The van der Waals surface area contributed by atoms with Gasteiger partial charge in [0.05, 0.1) is 13.2 Å². The Balaban J connectivity index is 2.59. The second-order valence-corrected chi connectivity index (χ2v) is 3.43. The number of esters is 1. The zero-order chi connectivity index (χ0) is 13.2. The summed E-state index contributed by atoms with van der Waals surface area (Å²) >= 11 is 0. The zero-order valence-corrected chi connectivity index (χ0v) is 10.7. The molecule has 0 aliphatic rings. The van der Waals surface area contributed by atoms with Crippen LogP contribution in [0.25, 0.3) is 0 Å². The van der Waals surface area contributed by atoms with Crippen molar-refractivity contribution in [3.63, 3.8) is 0 Å². The van der Waals surface area contributed by atoms with Crippen molar-refractivity contribution in [3.05, 3.63) is 47.9 Å². The van der Waals surface area contributed by atoms with Gasteiger partial charge >= 0.3 is 5.97 Å². The summed E-state index contributed by atoms with van der Waals surface area (Å²) in [6.45, 7) is 4.65. The van der Waals surface area contributed by atoms with E-state index in [2.05, 4.69) is 0 Å². The number of benzene rings is 1. The lowest BCUT2D eigenvalue weighted by molar-refractivity contribution is -0.143. The minimum absolute atomic E-state index is 0.0857. The van der Waals surface area contributed by atoms with Crippen LogP contribution in [0.4, 0.5) is 0 Å². The first-order valence-corrected chi connectivity index (χ1v) is 5.93. The third-order valence-corrected chi connectivity index (χ3v) is 2.07. The van der Waals surface area contributed by atoms with E-state index >= 15 is 0 Å². The molecule has 0 unspecified atom stereocenters. The van der Waals surface area contributed by atoms with Crippen molar-refractivity contribution in [1.29, 1.82) is 0 Å². The first-order valence-electron chi connectivity index (χ1n) is 5.93. The zero-order valence-electron chi connectivity index (χ0n) is 10.7. The Morgan fingerprint density at radius 1 is 1.11 bits per heavy atom. The molecule has 0 fully saturated rings. The molecule has 0 bridgehead atoms.